The molecule has 1 amide bonds. The van der Waals surface area contributed by atoms with Crippen LogP contribution >= 0.6 is 0 Å². The van der Waals surface area contributed by atoms with E-state index in [9.17, 15) is 9.59 Å². The van der Waals surface area contributed by atoms with Gasteiger partial charge in [-0.3, -0.25) is 9.78 Å². The number of amides is 1. The first-order chi connectivity index (χ1) is 12.0. The average molecular weight is 341 g/mol. The van der Waals surface area contributed by atoms with Crippen LogP contribution < -0.4 is 5.32 Å². The molecule has 0 fully saturated rings. The lowest BCUT2D eigenvalue weighted by Crippen LogP contribution is -2.09. The van der Waals surface area contributed by atoms with Crippen molar-refractivity contribution in [3.05, 3.63) is 53.1 Å². The molecule has 0 radical (unpaired) electrons. The molecule has 0 spiro atoms. The van der Waals surface area contributed by atoms with E-state index in [1.165, 1.54) is 6.08 Å². The summed E-state index contributed by atoms with van der Waals surface area (Å²) in [5.41, 5.74) is 3.59. The number of carbonyl (C=O) groups is 2. The fourth-order valence-corrected chi connectivity index (χ4v) is 2.83. The molecule has 2 heterocycles. The molecule has 0 saturated carbocycles. The molecule has 0 saturated heterocycles. The molecule has 132 valence electrons. The lowest BCUT2D eigenvalue weighted by Gasteiger charge is -2.05. The van der Waals surface area contributed by atoms with E-state index in [0.717, 1.165) is 17.9 Å². The zero-order valence-electron chi connectivity index (χ0n) is 15.0. The topological polar surface area (TPSA) is 73.2 Å². The second-order valence-electron chi connectivity index (χ2n) is 5.49. The summed E-state index contributed by atoms with van der Waals surface area (Å²) in [6.45, 7) is 8.64. The molecule has 0 bridgehead atoms. The average Bonchev–Trinajstić information content (AvgIpc) is 2.83. The van der Waals surface area contributed by atoms with E-state index < -0.39 is 0 Å². The molecule has 25 heavy (non-hydrogen) atoms. The van der Waals surface area contributed by atoms with Gasteiger partial charge in [0, 0.05) is 35.8 Å². The van der Waals surface area contributed by atoms with Gasteiger partial charge < -0.3 is 14.6 Å². The maximum Gasteiger partial charge on any atom is 0.340 e. The first-order valence-electron chi connectivity index (χ1n) is 8.25. The van der Waals surface area contributed by atoms with Crippen molar-refractivity contribution in [1.82, 2.24) is 9.55 Å². The van der Waals surface area contributed by atoms with Crippen LogP contribution in [-0.4, -0.2) is 28.0 Å². The zero-order chi connectivity index (χ0) is 18.4. The van der Waals surface area contributed by atoms with E-state index in [1.807, 2.05) is 25.3 Å². The Hall–Kier alpha value is -2.89. The van der Waals surface area contributed by atoms with E-state index in [0.29, 0.717) is 23.4 Å². The minimum absolute atomic E-state index is 0.288. The summed E-state index contributed by atoms with van der Waals surface area (Å²) in [5.74, 6) is -0.660. The minimum atomic E-state index is -0.373. The Morgan fingerprint density at radius 1 is 1.28 bits per heavy atom. The van der Waals surface area contributed by atoms with Gasteiger partial charge >= 0.3 is 5.97 Å². The molecular weight excluding hydrogens is 318 g/mol. The van der Waals surface area contributed by atoms with Crippen LogP contribution in [-0.2, 0) is 16.1 Å². The third-order valence-electron chi connectivity index (χ3n) is 3.96. The Morgan fingerprint density at radius 2 is 2.04 bits per heavy atom. The smallest absolute Gasteiger partial charge is 0.340 e. The van der Waals surface area contributed by atoms with Crippen molar-refractivity contribution in [3.8, 4) is 0 Å². The standard InChI is InChI=1S/C19H23N3O3/c1-5-22-13(3)16(18(14(22)4)19(24)25-6-2)9-10-17(23)21-15-8-7-11-20-12-15/h7-12H,5-6H2,1-4H3,(H,21,23)/b10-9+. The predicted octanol–water partition coefficient (Wildman–Crippen LogP) is 3.35. The van der Waals surface area contributed by atoms with Crippen LogP contribution in [0.15, 0.2) is 30.6 Å². The highest BCUT2D eigenvalue weighted by molar-refractivity contribution is 6.03. The summed E-state index contributed by atoms with van der Waals surface area (Å²) in [6.07, 6.45) is 6.28. The molecule has 2 aromatic heterocycles. The van der Waals surface area contributed by atoms with Gasteiger partial charge in [0.2, 0.25) is 5.91 Å². The zero-order valence-corrected chi connectivity index (χ0v) is 15.0. The molecule has 6 nitrogen and oxygen atoms in total. The molecule has 0 aliphatic carbocycles. The molecule has 0 unspecified atom stereocenters. The van der Waals surface area contributed by atoms with Gasteiger partial charge in [0.15, 0.2) is 0 Å². The van der Waals surface area contributed by atoms with Crippen LogP contribution in [0.5, 0.6) is 0 Å². The van der Waals surface area contributed by atoms with Gasteiger partial charge in [0.1, 0.15) is 0 Å². The fourth-order valence-electron chi connectivity index (χ4n) is 2.83. The van der Waals surface area contributed by atoms with Crippen molar-refractivity contribution >= 4 is 23.6 Å². The Labute approximate surface area is 147 Å². The van der Waals surface area contributed by atoms with Crippen molar-refractivity contribution < 1.29 is 14.3 Å². The number of pyridine rings is 1. The van der Waals surface area contributed by atoms with Crippen molar-refractivity contribution in [2.75, 3.05) is 11.9 Å². The van der Waals surface area contributed by atoms with Gasteiger partial charge in [0.05, 0.1) is 24.1 Å². The van der Waals surface area contributed by atoms with Gasteiger partial charge in [-0.05, 0) is 45.9 Å². The summed E-state index contributed by atoms with van der Waals surface area (Å²) in [7, 11) is 0. The highest BCUT2D eigenvalue weighted by atomic mass is 16.5. The second-order valence-corrected chi connectivity index (χ2v) is 5.49. The minimum Gasteiger partial charge on any atom is -0.462 e. The van der Waals surface area contributed by atoms with Crippen LogP contribution in [0.2, 0.25) is 0 Å². The number of nitrogens with zero attached hydrogens (tertiary/aromatic N) is 2. The number of nitrogens with one attached hydrogen (secondary N) is 1. The maximum absolute atomic E-state index is 12.3. The van der Waals surface area contributed by atoms with Crippen molar-refractivity contribution in [1.29, 1.82) is 0 Å². The number of ether oxygens (including phenoxy) is 1. The van der Waals surface area contributed by atoms with Crippen molar-refractivity contribution in [2.45, 2.75) is 34.2 Å². The van der Waals surface area contributed by atoms with Crippen LogP contribution in [0.4, 0.5) is 5.69 Å². The first-order valence-corrected chi connectivity index (χ1v) is 8.25. The number of hydrogen-bond donors (Lipinski definition) is 1. The number of aromatic nitrogens is 2. The molecule has 2 rings (SSSR count). The third kappa shape index (κ3) is 4.15. The molecular formula is C19H23N3O3. The molecule has 0 atom stereocenters. The summed E-state index contributed by atoms with van der Waals surface area (Å²) in [6, 6.07) is 3.50. The summed E-state index contributed by atoms with van der Waals surface area (Å²) in [4.78, 5) is 28.4. The lowest BCUT2D eigenvalue weighted by atomic mass is 10.1. The van der Waals surface area contributed by atoms with Crippen LogP contribution in [0, 0.1) is 13.8 Å². The number of anilines is 1. The van der Waals surface area contributed by atoms with E-state index in [1.54, 1.807) is 37.5 Å². The van der Waals surface area contributed by atoms with Gasteiger partial charge in [-0.15, -0.1) is 0 Å². The molecule has 0 aliphatic rings. The number of esters is 1. The van der Waals surface area contributed by atoms with E-state index in [4.69, 9.17) is 4.74 Å². The third-order valence-corrected chi connectivity index (χ3v) is 3.96. The Bertz CT molecular complexity index is 792. The van der Waals surface area contributed by atoms with Crippen LogP contribution in [0.1, 0.15) is 41.2 Å². The SMILES string of the molecule is CCOC(=O)c1c(/C=C/C(=O)Nc2cccnc2)c(C)n(CC)c1C. The first kappa shape index (κ1) is 18.4. The van der Waals surface area contributed by atoms with Gasteiger partial charge in [-0.2, -0.15) is 0 Å². The summed E-state index contributed by atoms with van der Waals surface area (Å²) >= 11 is 0. The van der Waals surface area contributed by atoms with Crippen molar-refractivity contribution in [2.24, 2.45) is 0 Å². The van der Waals surface area contributed by atoms with Crippen LogP contribution in [0.25, 0.3) is 6.08 Å². The Balaban J connectivity index is 2.31. The highest BCUT2D eigenvalue weighted by Gasteiger charge is 2.22. The largest absolute Gasteiger partial charge is 0.462 e. The quantitative estimate of drug-likeness (QED) is 0.646. The lowest BCUT2D eigenvalue weighted by molar-refractivity contribution is -0.111. The van der Waals surface area contributed by atoms with Gasteiger partial charge in [-0.25, -0.2) is 4.79 Å². The number of hydrogen-bond acceptors (Lipinski definition) is 4. The molecule has 1 N–H and O–H groups in total. The Morgan fingerprint density at radius 3 is 2.64 bits per heavy atom. The monoisotopic (exact) mass is 341 g/mol. The molecule has 0 aliphatic heterocycles. The van der Waals surface area contributed by atoms with E-state index in [-0.39, 0.29) is 11.9 Å². The Kier molecular flexibility index (Phi) is 6.11. The van der Waals surface area contributed by atoms with Crippen LogP contribution in [0.3, 0.4) is 0 Å². The summed E-state index contributed by atoms with van der Waals surface area (Å²) in [5, 5.41) is 2.73. The summed E-state index contributed by atoms with van der Waals surface area (Å²) < 4.78 is 7.20. The van der Waals surface area contributed by atoms with E-state index in [2.05, 4.69) is 10.3 Å². The molecule has 2 aromatic rings. The number of carbonyl (C=O) groups excluding carboxylic acids is 2. The molecule has 0 aromatic carbocycles. The van der Waals surface area contributed by atoms with E-state index >= 15 is 0 Å². The molecule has 6 heteroatoms. The normalized spacial score (nSPS) is 10.9. The fraction of sp³-hybridized carbons (Fsp3) is 0.316. The second kappa shape index (κ2) is 8.28. The highest BCUT2D eigenvalue weighted by Crippen LogP contribution is 2.25. The maximum atomic E-state index is 12.3. The van der Waals surface area contributed by atoms with Crippen molar-refractivity contribution in [3.63, 3.8) is 0 Å². The van der Waals surface area contributed by atoms with Gasteiger partial charge in [0.25, 0.3) is 0 Å². The predicted molar refractivity (Wildman–Crippen MR) is 97.4 cm³/mol. The van der Waals surface area contributed by atoms with Gasteiger partial charge in [-0.1, -0.05) is 0 Å². The number of rotatable bonds is 6.